The Morgan fingerprint density at radius 1 is 1.35 bits per heavy atom. The summed E-state index contributed by atoms with van der Waals surface area (Å²) in [6.45, 7) is 4.06. The maximum absolute atomic E-state index is 12.1. The number of anilines is 1. The molecule has 1 unspecified atom stereocenters. The van der Waals surface area contributed by atoms with E-state index in [9.17, 15) is 8.42 Å². The molecule has 1 aliphatic heterocycles. The zero-order chi connectivity index (χ0) is 14.3. The van der Waals surface area contributed by atoms with Gasteiger partial charge in [0.1, 0.15) is 5.82 Å². The molecule has 1 N–H and O–H groups in total. The molecule has 20 heavy (non-hydrogen) atoms. The number of hydrogen-bond donors (Lipinski definition) is 1. The molecular formula is C13H15N3O2S2. The maximum atomic E-state index is 12.1. The summed E-state index contributed by atoms with van der Waals surface area (Å²) >= 11 is 1.27. The standard InChI is InChI=1S/C13H15N3O2S2/c1-8(2)12-15-13(19-16-12)14-10-7-20(17,18)11-6-4-3-5-9(10)11/h3-6,8,10H,7H2,1-2H3,(H,14,15,16). The lowest BCUT2D eigenvalue weighted by molar-refractivity contribution is 0.598. The first kappa shape index (κ1) is 13.5. The summed E-state index contributed by atoms with van der Waals surface area (Å²) in [5.41, 5.74) is 0.814. The predicted molar refractivity (Wildman–Crippen MR) is 78.9 cm³/mol. The van der Waals surface area contributed by atoms with Gasteiger partial charge < -0.3 is 5.32 Å². The molecule has 1 aliphatic rings. The van der Waals surface area contributed by atoms with Gasteiger partial charge in [0.15, 0.2) is 9.84 Å². The fourth-order valence-corrected chi connectivity index (χ4v) is 4.74. The predicted octanol–water partition coefficient (Wildman–Crippen LogP) is 2.60. The van der Waals surface area contributed by atoms with Gasteiger partial charge in [0.25, 0.3) is 0 Å². The SMILES string of the molecule is CC(C)c1nsc(NC2CS(=O)(=O)c3ccccc32)n1. The Kier molecular flexibility index (Phi) is 3.25. The molecule has 5 nitrogen and oxygen atoms in total. The van der Waals surface area contributed by atoms with Crippen LogP contribution in [0.25, 0.3) is 0 Å². The first-order valence-corrected chi connectivity index (χ1v) is 8.82. The van der Waals surface area contributed by atoms with Crippen LogP contribution in [0.15, 0.2) is 29.2 Å². The van der Waals surface area contributed by atoms with Gasteiger partial charge >= 0.3 is 0 Å². The van der Waals surface area contributed by atoms with E-state index in [-0.39, 0.29) is 17.7 Å². The summed E-state index contributed by atoms with van der Waals surface area (Å²) in [5.74, 6) is 1.12. The normalized spacial score (nSPS) is 20.1. The fourth-order valence-electron chi connectivity index (χ4n) is 2.25. The van der Waals surface area contributed by atoms with Crippen LogP contribution in [0.4, 0.5) is 5.13 Å². The van der Waals surface area contributed by atoms with Crippen molar-refractivity contribution < 1.29 is 8.42 Å². The molecule has 0 saturated carbocycles. The average Bonchev–Trinajstić information content (AvgIpc) is 2.95. The Labute approximate surface area is 122 Å². The van der Waals surface area contributed by atoms with Crippen molar-refractivity contribution in [2.45, 2.75) is 30.7 Å². The molecule has 0 bridgehead atoms. The Morgan fingerprint density at radius 2 is 2.10 bits per heavy atom. The Bertz CT molecular complexity index is 738. The molecule has 1 aromatic carbocycles. The number of sulfone groups is 1. The summed E-state index contributed by atoms with van der Waals surface area (Å²) < 4.78 is 28.5. The van der Waals surface area contributed by atoms with Crippen LogP contribution in [0.5, 0.6) is 0 Å². The molecule has 0 spiro atoms. The Balaban J connectivity index is 1.89. The monoisotopic (exact) mass is 309 g/mol. The molecule has 106 valence electrons. The van der Waals surface area contributed by atoms with E-state index in [0.717, 1.165) is 11.4 Å². The number of fused-ring (bicyclic) bond motifs is 1. The number of rotatable bonds is 3. The second-order valence-electron chi connectivity index (χ2n) is 5.13. The maximum Gasteiger partial charge on any atom is 0.203 e. The topological polar surface area (TPSA) is 72.0 Å². The number of nitrogens with zero attached hydrogens (tertiary/aromatic N) is 2. The van der Waals surface area contributed by atoms with Crippen LogP contribution in [-0.4, -0.2) is 23.5 Å². The lowest BCUT2D eigenvalue weighted by atomic mass is 10.1. The van der Waals surface area contributed by atoms with Crippen molar-refractivity contribution >= 4 is 26.5 Å². The molecule has 0 radical (unpaired) electrons. The molecular weight excluding hydrogens is 294 g/mol. The van der Waals surface area contributed by atoms with Gasteiger partial charge in [-0.2, -0.15) is 4.37 Å². The lowest BCUT2D eigenvalue weighted by Gasteiger charge is -2.10. The molecule has 2 heterocycles. The molecule has 1 aromatic heterocycles. The highest BCUT2D eigenvalue weighted by Gasteiger charge is 2.34. The van der Waals surface area contributed by atoms with Gasteiger partial charge in [-0.25, -0.2) is 13.4 Å². The van der Waals surface area contributed by atoms with Crippen LogP contribution in [0, 0.1) is 0 Å². The van der Waals surface area contributed by atoms with Gasteiger partial charge in [0.05, 0.1) is 16.7 Å². The van der Waals surface area contributed by atoms with E-state index in [0.29, 0.717) is 10.0 Å². The quantitative estimate of drug-likeness (QED) is 0.943. The molecule has 2 aromatic rings. The van der Waals surface area contributed by atoms with Crippen molar-refractivity contribution in [1.29, 1.82) is 0 Å². The molecule has 7 heteroatoms. The summed E-state index contributed by atoms with van der Waals surface area (Å²) in [5, 5.41) is 3.87. The van der Waals surface area contributed by atoms with Crippen LogP contribution < -0.4 is 5.32 Å². The number of benzene rings is 1. The second-order valence-corrected chi connectivity index (χ2v) is 7.88. The van der Waals surface area contributed by atoms with Gasteiger partial charge in [-0.3, -0.25) is 0 Å². The van der Waals surface area contributed by atoms with Crippen molar-refractivity contribution in [2.75, 3.05) is 11.1 Å². The van der Waals surface area contributed by atoms with E-state index in [2.05, 4.69) is 14.7 Å². The largest absolute Gasteiger partial charge is 0.352 e. The van der Waals surface area contributed by atoms with Gasteiger partial charge in [0, 0.05) is 17.5 Å². The summed E-state index contributed by atoms with van der Waals surface area (Å²) in [7, 11) is -3.19. The molecule has 0 saturated heterocycles. The Hall–Kier alpha value is -1.47. The highest BCUT2D eigenvalue weighted by atomic mass is 32.2. The van der Waals surface area contributed by atoms with E-state index in [4.69, 9.17) is 0 Å². The zero-order valence-electron chi connectivity index (χ0n) is 11.2. The zero-order valence-corrected chi connectivity index (χ0v) is 12.8. The minimum atomic E-state index is -3.19. The summed E-state index contributed by atoms with van der Waals surface area (Å²) in [4.78, 5) is 4.82. The number of aromatic nitrogens is 2. The second kappa shape index (κ2) is 4.82. The van der Waals surface area contributed by atoms with Crippen molar-refractivity contribution in [3.05, 3.63) is 35.7 Å². The number of nitrogens with one attached hydrogen (secondary N) is 1. The molecule has 0 amide bonds. The average molecular weight is 309 g/mol. The third-order valence-corrected chi connectivity index (χ3v) is 5.75. The van der Waals surface area contributed by atoms with Crippen molar-refractivity contribution in [1.82, 2.24) is 9.36 Å². The fraction of sp³-hybridized carbons (Fsp3) is 0.385. The minimum Gasteiger partial charge on any atom is -0.352 e. The first-order chi connectivity index (χ1) is 9.47. The first-order valence-electron chi connectivity index (χ1n) is 6.39. The van der Waals surface area contributed by atoms with Crippen molar-refractivity contribution in [3.8, 4) is 0 Å². The lowest BCUT2D eigenvalue weighted by Crippen LogP contribution is -2.12. The van der Waals surface area contributed by atoms with Crippen LogP contribution in [0.3, 0.4) is 0 Å². The highest BCUT2D eigenvalue weighted by Crippen LogP contribution is 2.35. The Morgan fingerprint density at radius 3 is 2.80 bits per heavy atom. The smallest absolute Gasteiger partial charge is 0.203 e. The highest BCUT2D eigenvalue weighted by molar-refractivity contribution is 7.91. The molecule has 3 rings (SSSR count). The van der Waals surface area contributed by atoms with Crippen LogP contribution in [0.1, 0.15) is 37.2 Å². The third kappa shape index (κ3) is 2.31. The molecule has 0 aliphatic carbocycles. The van der Waals surface area contributed by atoms with Crippen LogP contribution in [0.2, 0.25) is 0 Å². The van der Waals surface area contributed by atoms with Crippen molar-refractivity contribution in [2.24, 2.45) is 0 Å². The molecule has 0 fully saturated rings. The summed E-state index contributed by atoms with van der Waals surface area (Å²) in [6.07, 6.45) is 0. The van der Waals surface area contributed by atoms with E-state index in [1.165, 1.54) is 11.5 Å². The summed E-state index contributed by atoms with van der Waals surface area (Å²) in [6, 6.07) is 6.87. The minimum absolute atomic E-state index is 0.0724. The van der Waals surface area contributed by atoms with Gasteiger partial charge in [-0.15, -0.1) is 0 Å². The van der Waals surface area contributed by atoms with E-state index in [1.54, 1.807) is 12.1 Å². The third-order valence-electron chi connectivity index (χ3n) is 3.27. The molecule has 1 atom stereocenters. The van der Waals surface area contributed by atoms with Gasteiger partial charge in [-0.1, -0.05) is 32.0 Å². The van der Waals surface area contributed by atoms with E-state index in [1.807, 2.05) is 26.0 Å². The van der Waals surface area contributed by atoms with E-state index >= 15 is 0 Å². The van der Waals surface area contributed by atoms with Gasteiger partial charge in [0.2, 0.25) is 5.13 Å². The number of hydrogen-bond acceptors (Lipinski definition) is 6. The van der Waals surface area contributed by atoms with Gasteiger partial charge in [-0.05, 0) is 11.6 Å². The van der Waals surface area contributed by atoms with E-state index < -0.39 is 9.84 Å². The van der Waals surface area contributed by atoms with Crippen molar-refractivity contribution in [3.63, 3.8) is 0 Å². The van der Waals surface area contributed by atoms with Crippen LogP contribution in [-0.2, 0) is 9.84 Å². The van der Waals surface area contributed by atoms with Crippen LogP contribution >= 0.6 is 11.5 Å².